The van der Waals surface area contributed by atoms with Gasteiger partial charge in [-0.25, -0.2) is 6.08 Å². The van der Waals surface area contributed by atoms with Gasteiger partial charge in [-0.1, -0.05) is 82.3 Å². The Morgan fingerprint density at radius 3 is 1.88 bits per heavy atom. The van der Waals surface area contributed by atoms with E-state index in [1.165, 1.54) is 46.4 Å². The second kappa shape index (κ2) is 9.39. The molecule has 25 heavy (non-hydrogen) atoms. The summed E-state index contributed by atoms with van der Waals surface area (Å²) in [4.78, 5) is 0. The van der Waals surface area contributed by atoms with E-state index in [1.54, 1.807) is 5.57 Å². The minimum absolute atomic E-state index is 0. The summed E-state index contributed by atoms with van der Waals surface area (Å²) in [6.45, 7) is 6.70. The summed E-state index contributed by atoms with van der Waals surface area (Å²) in [6, 6.07) is 19.3. The van der Waals surface area contributed by atoms with Gasteiger partial charge in [-0.15, -0.1) is 39.7 Å². The fourth-order valence-electron chi connectivity index (χ4n) is 3.69. The second-order valence-corrected chi connectivity index (χ2v) is 6.35. The third kappa shape index (κ3) is 4.26. The van der Waals surface area contributed by atoms with Gasteiger partial charge in [-0.05, 0) is 0 Å². The maximum atomic E-state index is 3.41. The Bertz CT molecular complexity index is 829. The van der Waals surface area contributed by atoms with Crippen molar-refractivity contribution in [1.29, 1.82) is 0 Å². The summed E-state index contributed by atoms with van der Waals surface area (Å²) in [6.07, 6.45) is 9.18. The van der Waals surface area contributed by atoms with Gasteiger partial charge < -0.3 is 0 Å². The van der Waals surface area contributed by atoms with Crippen molar-refractivity contribution in [3.8, 4) is 0 Å². The standard InChI is InChI=1S/C13H9.C11H17.Zr/c1-3-7-12-10(5-1)9-11-6-2-4-8-13(11)12;1-4-9-7-8-10(5-2)11(9)6-3;/h1-9H;7,10H,4-6H2,1-3H3;/q2*-1;+2. The molecule has 1 heteroatoms. The molecule has 0 N–H and O–H groups in total. The number of allylic oxidation sites excluding steroid dienone is 4. The van der Waals surface area contributed by atoms with Gasteiger partial charge in [0, 0.05) is 0 Å². The Morgan fingerprint density at radius 2 is 1.40 bits per heavy atom. The Morgan fingerprint density at radius 1 is 0.840 bits per heavy atom. The van der Waals surface area contributed by atoms with Crippen LogP contribution in [0.25, 0.3) is 21.5 Å². The van der Waals surface area contributed by atoms with Crippen LogP contribution in [-0.4, -0.2) is 0 Å². The summed E-state index contributed by atoms with van der Waals surface area (Å²) in [7, 11) is 0. The SMILES string of the molecule is CCC1=C(CC)C(CC)[C-]=C1.[Zr+2].c1ccc2c(c1)[cH-]c1ccccc12. The molecule has 4 rings (SSSR count). The quantitative estimate of drug-likeness (QED) is 0.404. The van der Waals surface area contributed by atoms with Gasteiger partial charge in [0.1, 0.15) is 0 Å². The van der Waals surface area contributed by atoms with Crippen LogP contribution in [0.1, 0.15) is 40.0 Å². The molecular weight excluding hydrogens is 379 g/mol. The summed E-state index contributed by atoms with van der Waals surface area (Å²) in [5.74, 6) is 0.634. The van der Waals surface area contributed by atoms with Crippen LogP contribution in [0.15, 0.2) is 71.8 Å². The van der Waals surface area contributed by atoms with E-state index in [-0.39, 0.29) is 26.2 Å². The Kier molecular flexibility index (Phi) is 7.51. The second-order valence-electron chi connectivity index (χ2n) is 6.35. The van der Waals surface area contributed by atoms with Crippen molar-refractivity contribution in [2.45, 2.75) is 40.0 Å². The molecule has 0 radical (unpaired) electrons. The van der Waals surface area contributed by atoms with Gasteiger partial charge in [0.05, 0.1) is 0 Å². The smallest absolute Gasteiger partial charge is 0.269 e. The molecule has 3 aromatic carbocycles. The monoisotopic (exact) mass is 404 g/mol. The van der Waals surface area contributed by atoms with E-state index in [4.69, 9.17) is 0 Å². The van der Waals surface area contributed by atoms with E-state index in [0.717, 1.165) is 0 Å². The van der Waals surface area contributed by atoms with Gasteiger partial charge >= 0.3 is 26.2 Å². The van der Waals surface area contributed by atoms with Crippen molar-refractivity contribution >= 4 is 21.5 Å². The average Bonchev–Trinajstić information content (AvgIpc) is 3.22. The van der Waals surface area contributed by atoms with E-state index in [0.29, 0.717) is 5.92 Å². The van der Waals surface area contributed by atoms with Crippen LogP contribution in [-0.2, 0) is 26.2 Å². The minimum atomic E-state index is 0. The maximum absolute atomic E-state index is 3.41. The molecule has 0 nitrogen and oxygen atoms in total. The molecule has 0 amide bonds. The van der Waals surface area contributed by atoms with E-state index in [1.807, 2.05) is 0 Å². The van der Waals surface area contributed by atoms with E-state index in [9.17, 15) is 0 Å². The predicted molar refractivity (Wildman–Crippen MR) is 106 cm³/mol. The molecule has 1 aliphatic carbocycles. The van der Waals surface area contributed by atoms with Crippen LogP contribution in [0.3, 0.4) is 0 Å². The number of fused-ring (bicyclic) bond motifs is 3. The van der Waals surface area contributed by atoms with E-state index in [2.05, 4.69) is 87.5 Å². The Hall–Kier alpha value is -1.33. The number of hydrogen-bond acceptors (Lipinski definition) is 0. The van der Waals surface area contributed by atoms with Crippen LogP contribution in [0.4, 0.5) is 0 Å². The molecule has 0 aliphatic heterocycles. The maximum Gasteiger partial charge on any atom is 2.00 e. The molecule has 1 aliphatic rings. The van der Waals surface area contributed by atoms with Gasteiger partial charge in [0.2, 0.25) is 0 Å². The normalized spacial score (nSPS) is 16.0. The molecular formula is C24H26Zr. The largest absolute Gasteiger partial charge is 2.00 e. The summed E-state index contributed by atoms with van der Waals surface area (Å²) in [5, 5.41) is 5.39. The zero-order chi connectivity index (χ0) is 16.9. The Labute approximate surface area is 171 Å². The fourth-order valence-corrected chi connectivity index (χ4v) is 3.69. The van der Waals surface area contributed by atoms with Crippen molar-refractivity contribution in [1.82, 2.24) is 0 Å². The molecule has 0 bridgehead atoms. The van der Waals surface area contributed by atoms with E-state index >= 15 is 0 Å². The summed E-state index contributed by atoms with van der Waals surface area (Å²) in [5.41, 5.74) is 3.15. The van der Waals surface area contributed by atoms with Gasteiger partial charge in [-0.3, -0.25) is 6.08 Å². The van der Waals surface area contributed by atoms with Crippen LogP contribution in [0.2, 0.25) is 0 Å². The fraction of sp³-hybridized carbons (Fsp3) is 0.292. The van der Waals surface area contributed by atoms with Gasteiger partial charge in [-0.2, -0.15) is 11.1 Å². The van der Waals surface area contributed by atoms with Gasteiger partial charge in [0.15, 0.2) is 0 Å². The topological polar surface area (TPSA) is 0 Å². The molecule has 1 atom stereocenters. The van der Waals surface area contributed by atoms with Crippen molar-refractivity contribution in [3.05, 3.63) is 77.9 Å². The van der Waals surface area contributed by atoms with Crippen LogP contribution in [0, 0.1) is 12.0 Å². The molecule has 0 saturated heterocycles. The minimum Gasteiger partial charge on any atom is -0.269 e. The zero-order valence-electron chi connectivity index (χ0n) is 15.5. The summed E-state index contributed by atoms with van der Waals surface area (Å²) >= 11 is 0. The van der Waals surface area contributed by atoms with Crippen LogP contribution in [0.5, 0.6) is 0 Å². The zero-order valence-corrected chi connectivity index (χ0v) is 17.9. The molecule has 0 fully saturated rings. The first kappa shape index (κ1) is 20.0. The average molecular weight is 406 g/mol. The molecule has 3 aromatic rings. The third-order valence-electron chi connectivity index (χ3n) is 4.98. The number of benzene rings is 2. The first-order valence-corrected chi connectivity index (χ1v) is 9.12. The van der Waals surface area contributed by atoms with Crippen molar-refractivity contribution < 1.29 is 26.2 Å². The summed E-state index contributed by atoms with van der Waals surface area (Å²) < 4.78 is 0. The molecule has 0 aromatic heterocycles. The number of hydrogen-bond donors (Lipinski definition) is 0. The first-order valence-electron chi connectivity index (χ1n) is 9.12. The molecule has 0 saturated carbocycles. The predicted octanol–water partition coefficient (Wildman–Crippen LogP) is 7.21. The molecule has 1 unspecified atom stereocenters. The van der Waals surface area contributed by atoms with Gasteiger partial charge in [0.25, 0.3) is 0 Å². The van der Waals surface area contributed by atoms with Crippen molar-refractivity contribution in [3.63, 3.8) is 0 Å². The van der Waals surface area contributed by atoms with Crippen molar-refractivity contribution in [2.24, 2.45) is 5.92 Å². The van der Waals surface area contributed by atoms with Crippen molar-refractivity contribution in [2.75, 3.05) is 0 Å². The number of rotatable bonds is 3. The molecule has 0 heterocycles. The van der Waals surface area contributed by atoms with E-state index < -0.39 is 0 Å². The van der Waals surface area contributed by atoms with Crippen LogP contribution < -0.4 is 0 Å². The molecule has 0 spiro atoms. The molecule has 126 valence electrons. The van der Waals surface area contributed by atoms with Crippen LogP contribution >= 0.6 is 0 Å². The Balaban J connectivity index is 0.000000176. The third-order valence-corrected chi connectivity index (χ3v) is 4.98. The first-order chi connectivity index (χ1) is 11.8.